The lowest BCUT2D eigenvalue weighted by atomic mass is 9.77. The van der Waals surface area contributed by atoms with Gasteiger partial charge in [-0.1, -0.05) is 6.92 Å². The fraction of sp³-hybridized carbons (Fsp3) is 1.00. The Labute approximate surface area is 78.7 Å². The first-order valence-electron chi connectivity index (χ1n) is 5.27. The van der Waals surface area contributed by atoms with Crippen LogP contribution in [0.15, 0.2) is 0 Å². The van der Waals surface area contributed by atoms with Crippen molar-refractivity contribution in [1.82, 2.24) is 0 Å². The summed E-state index contributed by atoms with van der Waals surface area (Å²) in [5.41, 5.74) is 0.0648. The van der Waals surface area contributed by atoms with Crippen LogP contribution >= 0.6 is 0 Å². The molecule has 2 atom stereocenters. The lowest BCUT2D eigenvalue weighted by molar-refractivity contribution is -0.497. The molecule has 0 aromatic carbocycles. The number of rotatable bonds is 3. The smallest absolute Gasteiger partial charge is 0.209 e. The number of hydrogen-bond donors (Lipinski definition) is 0. The Kier molecular flexibility index (Phi) is 2.05. The molecule has 0 radical (unpaired) electrons. The van der Waals surface area contributed by atoms with Gasteiger partial charge in [0.2, 0.25) is 6.54 Å². The highest BCUT2D eigenvalue weighted by molar-refractivity contribution is 4.98. The van der Waals surface area contributed by atoms with E-state index in [1.807, 2.05) is 0 Å². The molecule has 0 aromatic heterocycles. The first kappa shape index (κ1) is 8.97. The van der Waals surface area contributed by atoms with Crippen LogP contribution < -0.4 is 0 Å². The lowest BCUT2D eigenvalue weighted by Gasteiger charge is -2.29. The predicted molar refractivity (Wildman–Crippen MR) is 50.0 cm³/mol. The number of hydrogen-bond acceptors (Lipinski definition) is 2. The summed E-state index contributed by atoms with van der Waals surface area (Å²) >= 11 is 0. The van der Waals surface area contributed by atoms with Gasteiger partial charge in [0.05, 0.1) is 0 Å². The highest BCUT2D eigenvalue weighted by atomic mass is 16.6. The van der Waals surface area contributed by atoms with E-state index in [9.17, 15) is 10.1 Å². The van der Waals surface area contributed by atoms with Crippen LogP contribution in [0.25, 0.3) is 0 Å². The Morgan fingerprint density at radius 3 is 2.23 bits per heavy atom. The highest BCUT2D eigenvalue weighted by Crippen LogP contribution is 2.56. The van der Waals surface area contributed by atoms with Crippen molar-refractivity contribution in [2.24, 2.45) is 17.3 Å². The lowest BCUT2D eigenvalue weighted by Crippen LogP contribution is -2.26. The SMILES string of the molecule is CCC1(C[N+](=O)[O-])C[C@@H]2CC[C@H]2C1. The summed E-state index contributed by atoms with van der Waals surface area (Å²) in [4.78, 5) is 10.4. The van der Waals surface area contributed by atoms with Gasteiger partial charge in [-0.25, -0.2) is 0 Å². The van der Waals surface area contributed by atoms with Crippen molar-refractivity contribution in [3.8, 4) is 0 Å². The molecule has 2 fully saturated rings. The maximum absolute atomic E-state index is 10.6. The molecule has 74 valence electrons. The zero-order valence-corrected chi connectivity index (χ0v) is 8.16. The highest BCUT2D eigenvalue weighted by Gasteiger charge is 2.50. The molecular formula is C10H17NO2. The molecule has 0 unspecified atom stereocenters. The Hall–Kier alpha value is -0.600. The van der Waals surface area contributed by atoms with Crippen molar-refractivity contribution >= 4 is 0 Å². The van der Waals surface area contributed by atoms with Crippen LogP contribution in [0, 0.1) is 27.4 Å². The second kappa shape index (κ2) is 2.96. The van der Waals surface area contributed by atoms with Crippen molar-refractivity contribution in [2.45, 2.75) is 39.0 Å². The van der Waals surface area contributed by atoms with Crippen LogP contribution in [-0.2, 0) is 0 Å². The molecule has 0 N–H and O–H groups in total. The van der Waals surface area contributed by atoms with E-state index < -0.39 is 0 Å². The van der Waals surface area contributed by atoms with E-state index in [1.54, 1.807) is 0 Å². The molecule has 0 spiro atoms. The standard InChI is InChI=1S/C10H17NO2/c1-2-10(7-11(12)13)5-8-3-4-9(8)6-10/h8-9H,2-7H2,1H3/t8-,9-/m0/s1. The minimum Gasteiger partial charge on any atom is -0.265 e. The van der Waals surface area contributed by atoms with Gasteiger partial charge in [-0.15, -0.1) is 0 Å². The fourth-order valence-electron chi connectivity index (χ4n) is 3.17. The summed E-state index contributed by atoms with van der Waals surface area (Å²) in [5.74, 6) is 1.67. The summed E-state index contributed by atoms with van der Waals surface area (Å²) in [6.07, 6.45) is 5.87. The van der Waals surface area contributed by atoms with Crippen LogP contribution in [0.5, 0.6) is 0 Å². The van der Waals surface area contributed by atoms with Gasteiger partial charge in [-0.2, -0.15) is 0 Å². The van der Waals surface area contributed by atoms with Gasteiger partial charge >= 0.3 is 0 Å². The quantitative estimate of drug-likeness (QED) is 0.498. The van der Waals surface area contributed by atoms with Crippen LogP contribution in [0.2, 0.25) is 0 Å². The third kappa shape index (κ3) is 1.45. The summed E-state index contributed by atoms with van der Waals surface area (Å²) in [6, 6.07) is 0. The molecule has 3 nitrogen and oxygen atoms in total. The van der Waals surface area contributed by atoms with Crippen LogP contribution in [0.3, 0.4) is 0 Å². The molecule has 2 rings (SSSR count). The van der Waals surface area contributed by atoms with Gasteiger partial charge in [0, 0.05) is 10.3 Å². The summed E-state index contributed by atoms with van der Waals surface area (Å²) in [7, 11) is 0. The number of fused-ring (bicyclic) bond motifs is 1. The molecule has 0 aliphatic heterocycles. The minimum atomic E-state index is -0.117. The first-order valence-corrected chi connectivity index (χ1v) is 5.27. The minimum absolute atomic E-state index is 0.0648. The first-order chi connectivity index (χ1) is 6.15. The zero-order valence-electron chi connectivity index (χ0n) is 8.16. The van der Waals surface area contributed by atoms with E-state index in [-0.39, 0.29) is 16.9 Å². The van der Waals surface area contributed by atoms with Gasteiger partial charge in [-0.05, 0) is 43.9 Å². The van der Waals surface area contributed by atoms with Crippen LogP contribution in [-0.4, -0.2) is 11.5 Å². The average Bonchev–Trinajstić information content (AvgIpc) is 2.28. The average molecular weight is 183 g/mol. The van der Waals surface area contributed by atoms with Crippen molar-refractivity contribution in [3.63, 3.8) is 0 Å². The summed E-state index contributed by atoms with van der Waals surface area (Å²) in [5, 5.41) is 10.6. The normalized spacial score (nSPS) is 35.2. The fourth-order valence-corrected chi connectivity index (χ4v) is 3.17. The summed E-state index contributed by atoms with van der Waals surface area (Å²) < 4.78 is 0. The van der Waals surface area contributed by atoms with Crippen molar-refractivity contribution in [2.75, 3.05) is 6.54 Å². The van der Waals surface area contributed by atoms with E-state index in [0.29, 0.717) is 0 Å². The monoisotopic (exact) mass is 183 g/mol. The predicted octanol–water partition coefficient (Wildman–Crippen LogP) is 2.48. The zero-order chi connectivity index (χ0) is 9.47. The Morgan fingerprint density at radius 2 is 1.92 bits per heavy atom. The molecular weight excluding hydrogens is 166 g/mol. The van der Waals surface area contributed by atoms with Gasteiger partial charge in [0.25, 0.3) is 0 Å². The van der Waals surface area contributed by atoms with Crippen molar-refractivity contribution in [1.29, 1.82) is 0 Å². The molecule has 0 aromatic rings. The van der Waals surface area contributed by atoms with E-state index in [4.69, 9.17) is 0 Å². The van der Waals surface area contributed by atoms with Crippen LogP contribution in [0.4, 0.5) is 0 Å². The Balaban J connectivity index is 2.03. The van der Waals surface area contributed by atoms with E-state index in [1.165, 1.54) is 12.8 Å². The van der Waals surface area contributed by atoms with Crippen molar-refractivity contribution in [3.05, 3.63) is 10.1 Å². The van der Waals surface area contributed by atoms with Crippen LogP contribution in [0.1, 0.15) is 39.0 Å². The molecule has 2 aliphatic rings. The third-order valence-electron chi connectivity index (χ3n) is 4.18. The van der Waals surface area contributed by atoms with Gasteiger partial charge in [0.1, 0.15) is 0 Å². The van der Waals surface area contributed by atoms with Gasteiger partial charge in [0.15, 0.2) is 0 Å². The molecule has 0 heterocycles. The summed E-state index contributed by atoms with van der Waals surface area (Å²) in [6.45, 7) is 2.31. The molecule has 2 saturated carbocycles. The second-order valence-electron chi connectivity index (χ2n) is 4.85. The van der Waals surface area contributed by atoms with E-state index in [0.717, 1.165) is 31.1 Å². The van der Waals surface area contributed by atoms with E-state index in [2.05, 4.69) is 6.92 Å². The van der Waals surface area contributed by atoms with Crippen molar-refractivity contribution < 1.29 is 4.92 Å². The topological polar surface area (TPSA) is 43.1 Å². The molecule has 13 heavy (non-hydrogen) atoms. The molecule has 0 amide bonds. The third-order valence-corrected chi connectivity index (χ3v) is 4.18. The molecule has 3 heteroatoms. The molecule has 2 aliphatic carbocycles. The maximum Gasteiger partial charge on any atom is 0.209 e. The Morgan fingerprint density at radius 1 is 1.38 bits per heavy atom. The van der Waals surface area contributed by atoms with E-state index >= 15 is 0 Å². The van der Waals surface area contributed by atoms with Gasteiger partial charge in [-0.3, -0.25) is 10.1 Å². The largest absolute Gasteiger partial charge is 0.265 e. The van der Waals surface area contributed by atoms with Gasteiger partial charge < -0.3 is 0 Å². The Bertz CT molecular complexity index is 215. The second-order valence-corrected chi connectivity index (χ2v) is 4.85. The molecule has 0 bridgehead atoms. The number of nitro groups is 1. The maximum atomic E-state index is 10.6. The molecule has 0 saturated heterocycles. The number of nitrogens with zero attached hydrogens (tertiary/aromatic N) is 1.